The number of benzene rings is 2. The van der Waals surface area contributed by atoms with Crippen LogP contribution in [0.25, 0.3) is 0 Å². The molecular formula is C20H22ClN3OS. The van der Waals surface area contributed by atoms with Crippen molar-refractivity contribution >= 4 is 23.4 Å². The third-order valence-corrected chi connectivity index (χ3v) is 5.37. The summed E-state index contributed by atoms with van der Waals surface area (Å²) in [6, 6.07) is 14.3. The van der Waals surface area contributed by atoms with Gasteiger partial charge in [-0.3, -0.25) is 5.10 Å². The van der Waals surface area contributed by atoms with Gasteiger partial charge in [0.25, 0.3) is 0 Å². The van der Waals surface area contributed by atoms with Crippen LogP contribution in [-0.2, 0) is 12.4 Å². The molecule has 0 saturated carbocycles. The molecule has 6 heteroatoms. The van der Waals surface area contributed by atoms with Crippen LogP contribution in [0.4, 0.5) is 0 Å². The quantitative estimate of drug-likeness (QED) is 0.523. The Bertz CT molecular complexity index is 862. The highest BCUT2D eigenvalue weighted by atomic mass is 35.5. The number of aromatic amines is 1. The van der Waals surface area contributed by atoms with E-state index in [0.29, 0.717) is 18.3 Å². The monoisotopic (exact) mass is 387 g/mol. The van der Waals surface area contributed by atoms with Crippen LogP contribution >= 0.6 is 23.4 Å². The van der Waals surface area contributed by atoms with Crippen molar-refractivity contribution in [3.63, 3.8) is 0 Å². The standard InChI is InChI=1S/C20H22ClN3OS/c1-13(2)16-6-4-15(5-7-16)12-26-20-22-19(23-24-20)11-25-17-8-9-18(21)14(3)10-17/h4-10,13H,11-12H2,1-3H3,(H,22,23,24). The van der Waals surface area contributed by atoms with Crippen molar-refractivity contribution in [1.82, 2.24) is 15.2 Å². The highest BCUT2D eigenvalue weighted by Gasteiger charge is 2.07. The normalized spacial score (nSPS) is 11.1. The van der Waals surface area contributed by atoms with Crippen LogP contribution in [0, 0.1) is 6.92 Å². The molecule has 3 aromatic rings. The molecule has 136 valence electrons. The maximum atomic E-state index is 6.02. The van der Waals surface area contributed by atoms with Gasteiger partial charge < -0.3 is 4.74 Å². The second-order valence-corrected chi connectivity index (χ2v) is 7.80. The first-order valence-electron chi connectivity index (χ1n) is 8.53. The van der Waals surface area contributed by atoms with E-state index in [0.717, 1.165) is 27.2 Å². The molecule has 1 N–H and O–H groups in total. The van der Waals surface area contributed by atoms with Crippen LogP contribution in [0.1, 0.15) is 42.3 Å². The highest BCUT2D eigenvalue weighted by molar-refractivity contribution is 7.98. The molecule has 0 saturated heterocycles. The molecule has 1 heterocycles. The van der Waals surface area contributed by atoms with Crippen molar-refractivity contribution in [3.8, 4) is 5.75 Å². The van der Waals surface area contributed by atoms with Crippen molar-refractivity contribution in [1.29, 1.82) is 0 Å². The number of nitrogens with zero attached hydrogens (tertiary/aromatic N) is 2. The molecule has 26 heavy (non-hydrogen) atoms. The Morgan fingerprint density at radius 3 is 2.62 bits per heavy atom. The minimum atomic E-state index is 0.345. The molecule has 1 aromatic heterocycles. The average molecular weight is 388 g/mol. The summed E-state index contributed by atoms with van der Waals surface area (Å²) in [5.41, 5.74) is 3.61. The first-order valence-corrected chi connectivity index (χ1v) is 9.89. The van der Waals surface area contributed by atoms with Crippen molar-refractivity contribution in [3.05, 3.63) is 70.0 Å². The molecule has 0 aliphatic carbocycles. The maximum absolute atomic E-state index is 6.02. The largest absolute Gasteiger partial charge is 0.486 e. The number of ether oxygens (including phenoxy) is 1. The van der Waals surface area contributed by atoms with Crippen LogP contribution in [0.5, 0.6) is 5.75 Å². The Hall–Kier alpha value is -1.98. The lowest BCUT2D eigenvalue weighted by Gasteiger charge is -2.06. The Morgan fingerprint density at radius 2 is 1.92 bits per heavy atom. The maximum Gasteiger partial charge on any atom is 0.208 e. The lowest BCUT2D eigenvalue weighted by molar-refractivity contribution is 0.296. The predicted octanol–water partition coefficient (Wildman–Crippen LogP) is 5.76. The van der Waals surface area contributed by atoms with Crippen LogP contribution in [-0.4, -0.2) is 15.2 Å². The molecule has 0 aliphatic heterocycles. The molecule has 0 fully saturated rings. The summed E-state index contributed by atoms with van der Waals surface area (Å²) < 4.78 is 5.74. The van der Waals surface area contributed by atoms with E-state index in [1.807, 2.05) is 25.1 Å². The van der Waals surface area contributed by atoms with Crippen molar-refractivity contribution in [2.24, 2.45) is 0 Å². The Morgan fingerprint density at radius 1 is 1.15 bits per heavy atom. The van der Waals surface area contributed by atoms with Gasteiger partial charge in [0, 0.05) is 10.8 Å². The molecule has 3 rings (SSSR count). The molecule has 0 aliphatic rings. The minimum Gasteiger partial charge on any atom is -0.486 e. The molecule has 2 aromatic carbocycles. The van der Waals surface area contributed by atoms with E-state index in [4.69, 9.17) is 16.3 Å². The van der Waals surface area contributed by atoms with Crippen LogP contribution in [0.15, 0.2) is 47.6 Å². The topological polar surface area (TPSA) is 50.8 Å². The smallest absolute Gasteiger partial charge is 0.208 e. The number of thioether (sulfide) groups is 1. The molecule has 0 spiro atoms. The summed E-state index contributed by atoms with van der Waals surface area (Å²) >= 11 is 7.63. The van der Waals surface area contributed by atoms with Gasteiger partial charge in [-0.1, -0.05) is 61.5 Å². The zero-order valence-corrected chi connectivity index (χ0v) is 16.7. The van der Waals surface area contributed by atoms with Gasteiger partial charge in [0.05, 0.1) is 0 Å². The predicted molar refractivity (Wildman–Crippen MR) is 107 cm³/mol. The zero-order chi connectivity index (χ0) is 18.5. The Kier molecular flexibility index (Phi) is 6.22. The average Bonchev–Trinajstić information content (AvgIpc) is 3.09. The molecule has 0 unspecified atom stereocenters. The second-order valence-electron chi connectivity index (χ2n) is 6.45. The van der Waals surface area contributed by atoms with E-state index in [1.54, 1.807) is 11.8 Å². The number of aromatic nitrogens is 3. The summed E-state index contributed by atoms with van der Waals surface area (Å²) in [6.45, 7) is 6.70. The molecule has 4 nitrogen and oxygen atoms in total. The zero-order valence-electron chi connectivity index (χ0n) is 15.1. The number of hydrogen-bond donors (Lipinski definition) is 1. The van der Waals surface area contributed by atoms with Crippen LogP contribution in [0.3, 0.4) is 0 Å². The van der Waals surface area contributed by atoms with E-state index in [2.05, 4.69) is 53.3 Å². The molecular weight excluding hydrogens is 366 g/mol. The summed E-state index contributed by atoms with van der Waals surface area (Å²) in [7, 11) is 0. The number of nitrogens with one attached hydrogen (secondary N) is 1. The number of rotatable bonds is 7. The van der Waals surface area contributed by atoms with Crippen LogP contribution < -0.4 is 4.74 Å². The minimum absolute atomic E-state index is 0.345. The number of hydrogen-bond acceptors (Lipinski definition) is 4. The third-order valence-electron chi connectivity index (χ3n) is 4.03. The Labute approximate surface area is 163 Å². The van der Waals surface area contributed by atoms with Gasteiger partial charge in [-0.05, 0) is 47.7 Å². The van der Waals surface area contributed by atoms with Gasteiger partial charge >= 0.3 is 0 Å². The number of H-pyrrole nitrogens is 1. The lowest BCUT2D eigenvalue weighted by atomic mass is 10.0. The van der Waals surface area contributed by atoms with E-state index < -0.39 is 0 Å². The summed E-state index contributed by atoms with van der Waals surface area (Å²) in [6.07, 6.45) is 0. The molecule has 0 atom stereocenters. The SMILES string of the molecule is Cc1cc(OCc2nc(SCc3ccc(C(C)C)cc3)n[nH]2)ccc1Cl. The fourth-order valence-corrected chi connectivity index (χ4v) is 3.30. The second kappa shape index (κ2) is 8.60. The Balaban J connectivity index is 1.52. The fraction of sp³-hybridized carbons (Fsp3) is 0.300. The van der Waals surface area contributed by atoms with Gasteiger partial charge in [0.15, 0.2) is 5.82 Å². The van der Waals surface area contributed by atoms with Crippen molar-refractivity contribution in [2.45, 2.75) is 44.2 Å². The summed E-state index contributed by atoms with van der Waals surface area (Å²) in [5, 5.41) is 8.64. The molecule has 0 amide bonds. The summed E-state index contributed by atoms with van der Waals surface area (Å²) in [4.78, 5) is 4.47. The van der Waals surface area contributed by atoms with Gasteiger partial charge in [-0.15, -0.1) is 5.10 Å². The number of halogens is 1. The fourth-order valence-electron chi connectivity index (χ4n) is 2.41. The third kappa shape index (κ3) is 5.02. The first-order chi connectivity index (χ1) is 12.5. The van der Waals surface area contributed by atoms with Gasteiger partial charge in [0.1, 0.15) is 12.4 Å². The van der Waals surface area contributed by atoms with E-state index in [1.165, 1.54) is 11.1 Å². The lowest BCUT2D eigenvalue weighted by Crippen LogP contribution is -1.98. The van der Waals surface area contributed by atoms with E-state index >= 15 is 0 Å². The summed E-state index contributed by atoms with van der Waals surface area (Å²) in [5.74, 6) is 2.86. The molecule has 0 bridgehead atoms. The molecule has 0 radical (unpaired) electrons. The van der Waals surface area contributed by atoms with Gasteiger partial charge in [-0.2, -0.15) is 0 Å². The first kappa shape index (κ1) is 18.8. The van der Waals surface area contributed by atoms with E-state index in [-0.39, 0.29) is 0 Å². The van der Waals surface area contributed by atoms with Crippen LogP contribution in [0.2, 0.25) is 5.02 Å². The number of aryl methyl sites for hydroxylation is 1. The van der Waals surface area contributed by atoms with Gasteiger partial charge in [-0.25, -0.2) is 4.98 Å². The highest BCUT2D eigenvalue weighted by Crippen LogP contribution is 2.23. The van der Waals surface area contributed by atoms with Crippen molar-refractivity contribution < 1.29 is 4.74 Å². The van der Waals surface area contributed by atoms with Crippen molar-refractivity contribution in [2.75, 3.05) is 0 Å². The van der Waals surface area contributed by atoms with E-state index in [9.17, 15) is 0 Å². The van der Waals surface area contributed by atoms with Gasteiger partial charge in [0.2, 0.25) is 5.16 Å².